The second kappa shape index (κ2) is 15.4. The summed E-state index contributed by atoms with van der Waals surface area (Å²) in [5, 5.41) is 23.2. The van der Waals surface area contributed by atoms with Gasteiger partial charge in [-0.3, -0.25) is 10.1 Å². The Kier molecular flexibility index (Phi) is 10.3. The highest BCUT2D eigenvalue weighted by molar-refractivity contribution is 7.18. The fourth-order valence-corrected chi connectivity index (χ4v) is 8.27. The minimum Gasteiger partial charge on any atom is -0.872 e. The number of anilines is 1. The number of esters is 1. The van der Waals surface area contributed by atoms with Gasteiger partial charge in [0, 0.05) is 11.3 Å². The number of ether oxygens (including phenoxy) is 1. The van der Waals surface area contributed by atoms with E-state index < -0.39 is 18.0 Å². The lowest BCUT2D eigenvalue weighted by atomic mass is 9.98. The molecule has 262 valence electrons. The largest absolute Gasteiger partial charge is 0.872 e. The number of nitrogens with one attached hydrogen (secondary N) is 3. The lowest BCUT2D eigenvalue weighted by molar-refractivity contribution is -0.506. The molecule has 0 unspecified atom stereocenters. The number of hydrogen-bond acceptors (Lipinski definition) is 7. The van der Waals surface area contributed by atoms with Crippen LogP contribution in [0, 0.1) is 6.92 Å². The summed E-state index contributed by atoms with van der Waals surface area (Å²) in [5.41, 5.74) is 2.78. The zero-order valence-corrected chi connectivity index (χ0v) is 29.9. The van der Waals surface area contributed by atoms with Crippen molar-refractivity contribution in [3.63, 3.8) is 0 Å². The molecule has 0 saturated heterocycles. The zero-order valence-electron chi connectivity index (χ0n) is 28.2. The Bertz CT molecular complexity index is 2180. The van der Waals surface area contributed by atoms with E-state index in [-0.39, 0.29) is 30.7 Å². The number of thiazole rings is 1. The molecule has 10 nitrogen and oxygen atoms in total. The van der Waals surface area contributed by atoms with Gasteiger partial charge in [-0.05, 0) is 72.7 Å². The summed E-state index contributed by atoms with van der Waals surface area (Å²) in [6.45, 7) is 2.92. The highest BCUT2D eigenvalue weighted by atomic mass is 32.1. The number of benzene rings is 3. The first kappa shape index (κ1) is 34.3. The molecule has 1 aliphatic rings. The van der Waals surface area contributed by atoms with E-state index in [1.165, 1.54) is 27.8 Å². The van der Waals surface area contributed by atoms with Gasteiger partial charge in [-0.15, -0.1) is 17.1 Å². The number of aromatic nitrogens is 2. The molecule has 1 saturated carbocycles. The predicted octanol–water partition coefficient (Wildman–Crippen LogP) is 6.47. The molecule has 3 aromatic heterocycles. The number of carbonyl (C=O) groups excluding carboxylic acids is 3. The fraction of sp³-hybridized carbons (Fsp3) is 0.282. The van der Waals surface area contributed by atoms with Crippen LogP contribution in [0.25, 0.3) is 15.7 Å². The Balaban J connectivity index is 1.05. The highest BCUT2D eigenvalue weighted by Crippen LogP contribution is 2.26. The van der Waals surface area contributed by atoms with Gasteiger partial charge in [0.05, 0.1) is 11.5 Å². The highest BCUT2D eigenvalue weighted by Gasteiger charge is 2.26. The monoisotopic (exact) mass is 721 g/mol. The number of aryl methyl sites for hydroxylation is 1. The smallest absolute Gasteiger partial charge is 0.348 e. The molecule has 0 aliphatic heterocycles. The second-order valence-electron chi connectivity index (χ2n) is 13.0. The number of imidazole rings is 1. The summed E-state index contributed by atoms with van der Waals surface area (Å²) in [4.78, 5) is 42.4. The first-order chi connectivity index (χ1) is 24.8. The van der Waals surface area contributed by atoms with E-state index in [0.29, 0.717) is 16.4 Å². The van der Waals surface area contributed by atoms with Crippen LogP contribution in [0.1, 0.15) is 63.5 Å². The summed E-state index contributed by atoms with van der Waals surface area (Å²) in [5.74, 6) is -0.902. The first-order valence-corrected chi connectivity index (χ1v) is 18.8. The van der Waals surface area contributed by atoms with Gasteiger partial charge in [0.1, 0.15) is 36.0 Å². The summed E-state index contributed by atoms with van der Waals surface area (Å²) in [6, 6.07) is 22.7. The van der Waals surface area contributed by atoms with Crippen molar-refractivity contribution in [1.82, 2.24) is 15.2 Å². The normalized spacial score (nSPS) is 14.0. The number of fused-ring (bicyclic) bond motifs is 2. The third-order valence-corrected chi connectivity index (χ3v) is 11.1. The fourth-order valence-electron chi connectivity index (χ4n) is 6.53. The Morgan fingerprint density at radius 3 is 2.49 bits per heavy atom. The predicted molar refractivity (Wildman–Crippen MR) is 197 cm³/mol. The maximum absolute atomic E-state index is 13.8. The summed E-state index contributed by atoms with van der Waals surface area (Å²) < 4.78 is 9.96. The molecule has 3 N–H and O–H groups in total. The van der Waals surface area contributed by atoms with Crippen LogP contribution in [0.2, 0.25) is 0 Å². The molecular weight excluding hydrogens is 683 g/mol. The third-order valence-electron chi connectivity index (χ3n) is 9.11. The van der Waals surface area contributed by atoms with E-state index >= 15 is 0 Å². The van der Waals surface area contributed by atoms with Crippen molar-refractivity contribution in [3.8, 4) is 5.75 Å². The molecule has 1 fully saturated rings. The number of hydrogen-bond donors (Lipinski definition) is 3. The summed E-state index contributed by atoms with van der Waals surface area (Å²) in [6.07, 6.45) is 9.22. The zero-order chi connectivity index (χ0) is 35.3. The molecule has 1 aliphatic carbocycles. The molecule has 51 heavy (non-hydrogen) atoms. The van der Waals surface area contributed by atoms with Gasteiger partial charge in [-0.2, -0.15) is 4.40 Å². The van der Waals surface area contributed by atoms with E-state index in [1.54, 1.807) is 35.6 Å². The van der Waals surface area contributed by atoms with E-state index in [9.17, 15) is 19.5 Å². The van der Waals surface area contributed by atoms with Gasteiger partial charge in [-0.1, -0.05) is 78.4 Å². The number of rotatable bonds is 11. The first-order valence-electron chi connectivity index (χ1n) is 17.2. The summed E-state index contributed by atoms with van der Waals surface area (Å²) >= 11 is 2.81. The molecule has 3 aromatic carbocycles. The van der Waals surface area contributed by atoms with E-state index in [0.717, 1.165) is 65.2 Å². The second-order valence-corrected chi connectivity index (χ2v) is 15.3. The SMILES string of the molecule is Cc1c[n+]2cc(CNC(=O)[C@H](Cc3ccc([O-])cc3)NC(=O)Nc3ccc(C(=O)OC4CCCCC4)s3)n(Cc3ccc4ccccc4c3)c2s1. The maximum atomic E-state index is 13.8. The van der Waals surface area contributed by atoms with Crippen LogP contribution in [0.15, 0.2) is 91.3 Å². The standard InChI is InChI=1S/C39H39N5O5S2/c1-25-22-43-24-30(44(39(43)50-25)23-27-11-14-28-7-5-6-8-29(28)19-27)21-40-36(46)33(20-26-12-15-31(45)16-13-26)41-38(48)42-35-18-17-34(51-35)37(47)49-32-9-3-2-4-10-32/h5-8,11-19,22,24,32-33H,2-4,9-10,20-21,23H2,1H3,(H3-,40,41,42,45,46,47,48)/t33-/m0/s1. The van der Waals surface area contributed by atoms with Crippen molar-refractivity contribution in [2.24, 2.45) is 0 Å². The minimum absolute atomic E-state index is 0.0662. The molecular formula is C39H39N5O5S2. The van der Waals surface area contributed by atoms with Crippen LogP contribution >= 0.6 is 22.7 Å². The van der Waals surface area contributed by atoms with Crippen molar-refractivity contribution >= 4 is 61.3 Å². The van der Waals surface area contributed by atoms with Crippen molar-refractivity contribution in [2.45, 2.75) is 70.7 Å². The number of carbonyl (C=O) groups is 3. The van der Waals surface area contributed by atoms with E-state index in [1.807, 2.05) is 18.3 Å². The molecule has 0 spiro atoms. The Labute approximate surface area is 303 Å². The Morgan fingerprint density at radius 1 is 0.922 bits per heavy atom. The van der Waals surface area contributed by atoms with Crippen molar-refractivity contribution in [1.29, 1.82) is 0 Å². The average molecular weight is 722 g/mol. The van der Waals surface area contributed by atoms with Gasteiger partial charge < -0.3 is 20.5 Å². The van der Waals surface area contributed by atoms with Crippen molar-refractivity contribution in [3.05, 3.63) is 118 Å². The average Bonchev–Trinajstić information content (AvgIpc) is 3.83. The molecule has 7 rings (SSSR count). The van der Waals surface area contributed by atoms with Crippen molar-refractivity contribution in [2.75, 3.05) is 5.32 Å². The van der Waals surface area contributed by atoms with E-state index in [4.69, 9.17) is 4.74 Å². The molecule has 0 radical (unpaired) electrons. The number of nitrogens with zero attached hydrogens (tertiary/aromatic N) is 2. The molecule has 6 aromatic rings. The molecule has 3 amide bonds. The third kappa shape index (κ3) is 8.41. The van der Waals surface area contributed by atoms with Crippen LogP contribution in [0.5, 0.6) is 5.75 Å². The van der Waals surface area contributed by atoms with Crippen LogP contribution in [-0.4, -0.2) is 34.6 Å². The summed E-state index contributed by atoms with van der Waals surface area (Å²) in [7, 11) is 0. The maximum Gasteiger partial charge on any atom is 0.348 e. The molecule has 12 heteroatoms. The van der Waals surface area contributed by atoms with Gasteiger partial charge in [0.25, 0.3) is 0 Å². The molecule has 0 bridgehead atoms. The molecule has 3 heterocycles. The minimum atomic E-state index is -0.946. The molecule has 1 atom stereocenters. The number of amides is 3. The van der Waals surface area contributed by atoms with E-state index in [2.05, 4.69) is 68.4 Å². The Hall–Kier alpha value is -5.20. The van der Waals surface area contributed by atoms with Crippen LogP contribution in [-0.2, 0) is 29.0 Å². The van der Waals surface area contributed by atoms with Gasteiger partial charge >= 0.3 is 17.0 Å². The number of thiophene rings is 1. The topological polar surface area (TPSA) is 129 Å². The van der Waals surface area contributed by atoms with Crippen LogP contribution < -0.4 is 25.5 Å². The van der Waals surface area contributed by atoms with Crippen molar-refractivity contribution < 1.29 is 28.6 Å². The lowest BCUT2D eigenvalue weighted by Crippen LogP contribution is -2.49. The van der Waals surface area contributed by atoms with Gasteiger partial charge in [0.15, 0.2) is 5.69 Å². The Morgan fingerprint density at radius 2 is 1.69 bits per heavy atom. The van der Waals surface area contributed by atoms with Crippen LogP contribution in [0.4, 0.5) is 9.80 Å². The lowest BCUT2D eigenvalue weighted by Gasteiger charge is -2.21. The quantitative estimate of drug-likeness (QED) is 0.104. The van der Waals surface area contributed by atoms with Gasteiger partial charge in [-0.25, -0.2) is 14.2 Å². The number of urea groups is 1. The van der Waals surface area contributed by atoms with Gasteiger partial charge in [0.2, 0.25) is 5.91 Å². The van der Waals surface area contributed by atoms with Crippen LogP contribution in [0.3, 0.4) is 0 Å².